The highest BCUT2D eigenvalue weighted by molar-refractivity contribution is 5.97. The molecule has 2 aromatic rings. The zero-order chi connectivity index (χ0) is 16.9. The molecule has 3 rings (SSSR count). The van der Waals surface area contributed by atoms with E-state index in [1.807, 2.05) is 6.07 Å². The maximum atomic E-state index is 12.9. The van der Waals surface area contributed by atoms with Gasteiger partial charge in [0.05, 0.1) is 5.56 Å². The zero-order valence-electron chi connectivity index (χ0n) is 13.4. The molecule has 0 heterocycles. The SMILES string of the molecule is NCC(NC(=O)c1ccccc1OCc1ccc(F)cc1)C1CC1. The molecule has 24 heavy (non-hydrogen) atoms. The van der Waals surface area contributed by atoms with Crippen molar-refractivity contribution in [1.82, 2.24) is 5.32 Å². The Bertz CT molecular complexity index is 699. The van der Waals surface area contributed by atoms with Crippen LogP contribution in [0.25, 0.3) is 0 Å². The van der Waals surface area contributed by atoms with E-state index in [1.54, 1.807) is 30.3 Å². The minimum absolute atomic E-state index is 0.0163. The van der Waals surface area contributed by atoms with Gasteiger partial charge in [0.2, 0.25) is 0 Å². The smallest absolute Gasteiger partial charge is 0.255 e. The lowest BCUT2D eigenvalue weighted by Crippen LogP contribution is -2.41. The van der Waals surface area contributed by atoms with Crippen molar-refractivity contribution in [2.24, 2.45) is 11.7 Å². The highest BCUT2D eigenvalue weighted by Gasteiger charge is 2.31. The summed E-state index contributed by atoms with van der Waals surface area (Å²) in [6, 6.07) is 13.2. The van der Waals surface area contributed by atoms with E-state index in [0.29, 0.717) is 23.8 Å². The first kappa shape index (κ1) is 16.5. The van der Waals surface area contributed by atoms with Gasteiger partial charge in [0.25, 0.3) is 5.91 Å². The van der Waals surface area contributed by atoms with E-state index >= 15 is 0 Å². The third-order valence-electron chi connectivity index (χ3n) is 4.20. The fourth-order valence-corrected chi connectivity index (χ4v) is 2.64. The Morgan fingerprint density at radius 2 is 1.92 bits per heavy atom. The van der Waals surface area contributed by atoms with Gasteiger partial charge in [-0.25, -0.2) is 4.39 Å². The maximum absolute atomic E-state index is 12.9. The van der Waals surface area contributed by atoms with Crippen LogP contribution < -0.4 is 15.8 Å². The van der Waals surface area contributed by atoms with Gasteiger partial charge in [-0.05, 0) is 48.6 Å². The quantitative estimate of drug-likeness (QED) is 0.821. The third-order valence-corrected chi connectivity index (χ3v) is 4.20. The van der Waals surface area contributed by atoms with Gasteiger partial charge < -0.3 is 15.8 Å². The molecule has 5 heteroatoms. The summed E-state index contributed by atoms with van der Waals surface area (Å²) in [7, 11) is 0. The molecule has 0 aliphatic heterocycles. The lowest BCUT2D eigenvalue weighted by atomic mass is 10.1. The number of nitrogens with two attached hydrogens (primary N) is 1. The van der Waals surface area contributed by atoms with Crippen LogP contribution in [0, 0.1) is 11.7 Å². The molecule has 1 atom stereocenters. The molecule has 4 nitrogen and oxygen atoms in total. The second-order valence-electron chi connectivity index (χ2n) is 6.06. The van der Waals surface area contributed by atoms with Crippen molar-refractivity contribution >= 4 is 5.91 Å². The van der Waals surface area contributed by atoms with Gasteiger partial charge in [-0.1, -0.05) is 24.3 Å². The van der Waals surface area contributed by atoms with E-state index in [-0.39, 0.29) is 24.4 Å². The molecule has 0 saturated heterocycles. The van der Waals surface area contributed by atoms with E-state index in [1.165, 1.54) is 12.1 Å². The second-order valence-corrected chi connectivity index (χ2v) is 6.06. The van der Waals surface area contributed by atoms with Crippen molar-refractivity contribution in [3.63, 3.8) is 0 Å². The first-order valence-electron chi connectivity index (χ1n) is 8.14. The van der Waals surface area contributed by atoms with Gasteiger partial charge in [-0.15, -0.1) is 0 Å². The summed E-state index contributed by atoms with van der Waals surface area (Å²) < 4.78 is 18.7. The number of para-hydroxylation sites is 1. The molecule has 1 unspecified atom stereocenters. The molecule has 3 N–H and O–H groups in total. The number of halogens is 1. The van der Waals surface area contributed by atoms with Gasteiger partial charge in [0.1, 0.15) is 18.2 Å². The Labute approximate surface area is 140 Å². The Balaban J connectivity index is 1.67. The van der Waals surface area contributed by atoms with Crippen LogP contribution in [0.5, 0.6) is 5.75 Å². The van der Waals surface area contributed by atoms with Crippen molar-refractivity contribution in [2.75, 3.05) is 6.54 Å². The van der Waals surface area contributed by atoms with Crippen LogP contribution in [0.4, 0.5) is 4.39 Å². The zero-order valence-corrected chi connectivity index (χ0v) is 13.4. The van der Waals surface area contributed by atoms with E-state index in [9.17, 15) is 9.18 Å². The molecule has 0 aromatic heterocycles. The molecule has 1 aliphatic rings. The molecule has 1 amide bonds. The van der Waals surface area contributed by atoms with Crippen LogP contribution >= 0.6 is 0 Å². The number of hydrogen-bond donors (Lipinski definition) is 2. The average Bonchev–Trinajstić information content (AvgIpc) is 3.44. The summed E-state index contributed by atoms with van der Waals surface area (Å²) in [5.74, 6) is 0.538. The number of hydrogen-bond acceptors (Lipinski definition) is 3. The van der Waals surface area contributed by atoms with Crippen molar-refractivity contribution in [2.45, 2.75) is 25.5 Å². The van der Waals surface area contributed by atoms with Crippen LogP contribution in [0.3, 0.4) is 0 Å². The monoisotopic (exact) mass is 328 g/mol. The topological polar surface area (TPSA) is 64.3 Å². The summed E-state index contributed by atoms with van der Waals surface area (Å²) in [6.45, 7) is 0.711. The number of benzene rings is 2. The standard InChI is InChI=1S/C19H21FN2O2/c20-15-9-5-13(6-10-15)12-24-18-4-2-1-3-16(18)19(23)22-17(11-21)14-7-8-14/h1-6,9-10,14,17H,7-8,11-12,21H2,(H,22,23). The molecular formula is C19H21FN2O2. The van der Waals surface area contributed by atoms with Gasteiger partial charge in [-0.3, -0.25) is 4.79 Å². The van der Waals surface area contributed by atoms with Crippen LogP contribution in [0.1, 0.15) is 28.8 Å². The minimum atomic E-state index is -0.286. The van der Waals surface area contributed by atoms with Crippen molar-refractivity contribution in [1.29, 1.82) is 0 Å². The number of ether oxygens (including phenoxy) is 1. The van der Waals surface area contributed by atoms with Crippen LogP contribution in [0.15, 0.2) is 48.5 Å². The lowest BCUT2D eigenvalue weighted by Gasteiger charge is -2.17. The van der Waals surface area contributed by atoms with Crippen molar-refractivity contribution in [3.8, 4) is 5.75 Å². The molecule has 0 radical (unpaired) electrons. The van der Waals surface area contributed by atoms with Crippen LogP contribution in [0.2, 0.25) is 0 Å². The molecule has 1 aliphatic carbocycles. The van der Waals surface area contributed by atoms with Gasteiger partial charge in [0, 0.05) is 12.6 Å². The third kappa shape index (κ3) is 4.11. The van der Waals surface area contributed by atoms with Crippen molar-refractivity contribution in [3.05, 3.63) is 65.5 Å². The molecular weight excluding hydrogens is 307 g/mol. The Morgan fingerprint density at radius 1 is 1.21 bits per heavy atom. The van der Waals surface area contributed by atoms with Gasteiger partial charge >= 0.3 is 0 Å². The number of nitrogens with one attached hydrogen (secondary N) is 1. The van der Waals surface area contributed by atoms with Crippen LogP contribution in [-0.2, 0) is 6.61 Å². The lowest BCUT2D eigenvalue weighted by molar-refractivity contribution is 0.0929. The average molecular weight is 328 g/mol. The number of amides is 1. The normalized spacial score (nSPS) is 14.9. The fourth-order valence-electron chi connectivity index (χ4n) is 2.64. The minimum Gasteiger partial charge on any atom is -0.488 e. The molecule has 0 spiro atoms. The molecule has 1 fully saturated rings. The number of carbonyl (C=O) groups excluding carboxylic acids is 1. The first-order valence-corrected chi connectivity index (χ1v) is 8.14. The second kappa shape index (κ2) is 7.45. The molecule has 1 saturated carbocycles. The van der Waals surface area contributed by atoms with E-state index in [4.69, 9.17) is 10.5 Å². The summed E-state index contributed by atoms with van der Waals surface area (Å²) in [5.41, 5.74) is 7.07. The van der Waals surface area contributed by atoms with Gasteiger partial charge in [0.15, 0.2) is 0 Å². The summed E-state index contributed by atoms with van der Waals surface area (Å²) in [5, 5.41) is 3.00. The Morgan fingerprint density at radius 3 is 2.58 bits per heavy atom. The molecule has 2 aromatic carbocycles. The Kier molecular flexibility index (Phi) is 5.11. The first-order chi connectivity index (χ1) is 11.7. The predicted octanol–water partition coefficient (Wildman–Crippen LogP) is 2.87. The Hall–Kier alpha value is -2.40. The summed E-state index contributed by atoms with van der Waals surface area (Å²) in [4.78, 5) is 12.5. The predicted molar refractivity (Wildman–Crippen MR) is 90.2 cm³/mol. The molecule has 0 bridgehead atoms. The highest BCUT2D eigenvalue weighted by atomic mass is 19.1. The van der Waals surface area contributed by atoms with E-state index < -0.39 is 0 Å². The van der Waals surface area contributed by atoms with Crippen LogP contribution in [-0.4, -0.2) is 18.5 Å². The molecule has 126 valence electrons. The maximum Gasteiger partial charge on any atom is 0.255 e. The largest absolute Gasteiger partial charge is 0.488 e. The van der Waals surface area contributed by atoms with Gasteiger partial charge in [-0.2, -0.15) is 0 Å². The van der Waals surface area contributed by atoms with E-state index in [0.717, 1.165) is 18.4 Å². The number of carbonyl (C=O) groups is 1. The van der Waals surface area contributed by atoms with Crippen molar-refractivity contribution < 1.29 is 13.9 Å². The fraction of sp³-hybridized carbons (Fsp3) is 0.316. The summed E-state index contributed by atoms with van der Waals surface area (Å²) >= 11 is 0. The van der Waals surface area contributed by atoms with E-state index in [2.05, 4.69) is 5.32 Å². The summed E-state index contributed by atoms with van der Waals surface area (Å²) in [6.07, 6.45) is 2.23. The number of rotatable bonds is 7. The highest BCUT2D eigenvalue weighted by Crippen LogP contribution is 2.32.